The van der Waals surface area contributed by atoms with Gasteiger partial charge in [0.15, 0.2) is 0 Å². The number of nitro benzene ring substituents is 1. The number of ether oxygens (including phenoxy) is 1. The summed E-state index contributed by atoms with van der Waals surface area (Å²) in [6.07, 6.45) is 0.933. The molecule has 0 fully saturated rings. The van der Waals surface area contributed by atoms with Gasteiger partial charge in [0, 0.05) is 11.1 Å². The molecular weight excluding hydrogens is 438 g/mol. The fraction of sp³-hybridized carbons (Fsp3) is 0. The van der Waals surface area contributed by atoms with E-state index in [1.807, 2.05) is 0 Å². The van der Waals surface area contributed by atoms with Crippen LogP contribution in [0.2, 0.25) is 10.0 Å². The van der Waals surface area contributed by atoms with Crippen LogP contribution in [0, 0.1) is 15.9 Å². The molecule has 0 heterocycles. The second kappa shape index (κ2) is 9.34. The maximum absolute atomic E-state index is 13.7. The van der Waals surface area contributed by atoms with Crippen LogP contribution in [0.15, 0.2) is 65.8 Å². The lowest BCUT2D eigenvalue weighted by Gasteiger charge is -2.07. The Labute approximate surface area is 179 Å². The van der Waals surface area contributed by atoms with Gasteiger partial charge in [-0.3, -0.25) is 10.1 Å². The Hall–Kier alpha value is -3.49. The summed E-state index contributed by atoms with van der Waals surface area (Å²) in [5.41, 5.74) is -0.674. The average molecular weight is 449 g/mol. The minimum atomic E-state index is -0.986. The normalized spacial score (nSPS) is 10.8. The van der Waals surface area contributed by atoms with Crippen molar-refractivity contribution in [1.82, 2.24) is 0 Å². The first-order valence-electron chi connectivity index (χ1n) is 8.26. The molecule has 30 heavy (non-hydrogen) atoms. The van der Waals surface area contributed by atoms with Crippen molar-refractivity contribution >= 4 is 41.1 Å². The van der Waals surface area contributed by atoms with Crippen molar-refractivity contribution in [1.29, 1.82) is 0 Å². The Bertz CT molecular complexity index is 1120. The number of carbonyl (C=O) groups excluding carboxylic acids is 1. The SMILES string of the molecule is O=C(O/N=C\c1c(F)cccc1Cl)c1ccc(Oc2ccc(Cl)cc2)c([N+](=O)[O-])c1. The minimum absolute atomic E-state index is 0.0651. The van der Waals surface area contributed by atoms with Crippen LogP contribution in [0.3, 0.4) is 0 Å². The number of hydrogen-bond donors (Lipinski definition) is 0. The molecule has 0 aliphatic carbocycles. The summed E-state index contributed by atoms with van der Waals surface area (Å²) >= 11 is 11.6. The molecule has 3 aromatic rings. The second-order valence-electron chi connectivity index (χ2n) is 5.74. The van der Waals surface area contributed by atoms with Gasteiger partial charge in [-0.1, -0.05) is 34.4 Å². The molecule has 152 valence electrons. The molecule has 0 N–H and O–H groups in total. The van der Waals surface area contributed by atoms with Crippen LogP contribution >= 0.6 is 23.2 Å². The van der Waals surface area contributed by atoms with E-state index < -0.39 is 22.4 Å². The zero-order valence-electron chi connectivity index (χ0n) is 14.9. The summed E-state index contributed by atoms with van der Waals surface area (Å²) in [6, 6.07) is 13.7. The number of carbonyl (C=O) groups is 1. The summed E-state index contributed by atoms with van der Waals surface area (Å²) < 4.78 is 19.2. The molecule has 7 nitrogen and oxygen atoms in total. The van der Waals surface area contributed by atoms with Gasteiger partial charge in [0.05, 0.1) is 27.3 Å². The molecular formula is C20H11Cl2FN2O5. The van der Waals surface area contributed by atoms with Crippen molar-refractivity contribution in [2.75, 3.05) is 0 Å². The van der Waals surface area contributed by atoms with Gasteiger partial charge in [-0.05, 0) is 48.5 Å². The largest absolute Gasteiger partial charge is 0.450 e. The lowest BCUT2D eigenvalue weighted by molar-refractivity contribution is -0.385. The summed E-state index contributed by atoms with van der Waals surface area (Å²) in [5, 5.41) is 15.3. The van der Waals surface area contributed by atoms with Crippen molar-refractivity contribution < 1.29 is 23.7 Å². The first-order valence-corrected chi connectivity index (χ1v) is 9.01. The minimum Gasteiger partial charge on any atom is -0.450 e. The average Bonchev–Trinajstić information content (AvgIpc) is 2.72. The van der Waals surface area contributed by atoms with Crippen LogP contribution in [0.25, 0.3) is 0 Å². The highest BCUT2D eigenvalue weighted by atomic mass is 35.5. The van der Waals surface area contributed by atoms with Gasteiger partial charge < -0.3 is 9.57 Å². The van der Waals surface area contributed by atoms with Crippen molar-refractivity contribution in [3.05, 3.63) is 97.8 Å². The maximum Gasteiger partial charge on any atom is 0.365 e. The predicted octanol–water partition coefficient (Wildman–Crippen LogP) is 6.02. The van der Waals surface area contributed by atoms with E-state index in [2.05, 4.69) is 9.99 Å². The highest BCUT2D eigenvalue weighted by Gasteiger charge is 2.20. The van der Waals surface area contributed by atoms with E-state index in [9.17, 15) is 19.3 Å². The standard InChI is InChI=1S/C20H11Cl2FN2O5/c21-13-5-7-14(8-6-13)29-19-9-4-12(10-18(19)25(27)28)20(26)30-24-11-15-16(22)2-1-3-17(15)23/h1-11H/b24-11-. The molecule has 0 aliphatic heterocycles. The van der Waals surface area contributed by atoms with Crippen LogP contribution in [0.5, 0.6) is 11.5 Å². The van der Waals surface area contributed by atoms with Gasteiger partial charge in [-0.2, -0.15) is 0 Å². The fourth-order valence-corrected chi connectivity index (χ4v) is 2.65. The molecule has 3 rings (SSSR count). The van der Waals surface area contributed by atoms with Gasteiger partial charge >= 0.3 is 11.7 Å². The zero-order valence-corrected chi connectivity index (χ0v) is 16.4. The van der Waals surface area contributed by atoms with Crippen molar-refractivity contribution in [3.8, 4) is 11.5 Å². The number of oxime groups is 1. The van der Waals surface area contributed by atoms with Crippen LogP contribution in [-0.2, 0) is 4.84 Å². The molecule has 0 spiro atoms. The maximum atomic E-state index is 13.7. The summed E-state index contributed by atoms with van der Waals surface area (Å²) in [7, 11) is 0. The van der Waals surface area contributed by atoms with Crippen LogP contribution in [-0.4, -0.2) is 17.1 Å². The molecule has 0 amide bonds. The van der Waals surface area contributed by atoms with E-state index in [1.54, 1.807) is 12.1 Å². The Morgan fingerprint density at radius 1 is 1.10 bits per heavy atom. The Morgan fingerprint density at radius 2 is 1.83 bits per heavy atom. The van der Waals surface area contributed by atoms with E-state index >= 15 is 0 Å². The topological polar surface area (TPSA) is 91.0 Å². The molecule has 3 aromatic carbocycles. The highest BCUT2D eigenvalue weighted by molar-refractivity contribution is 6.33. The van der Waals surface area contributed by atoms with E-state index in [-0.39, 0.29) is 21.9 Å². The summed E-state index contributed by atoms with van der Waals surface area (Å²) in [5.74, 6) is -1.40. The molecule has 0 aliphatic rings. The third-order valence-electron chi connectivity index (χ3n) is 3.75. The lowest BCUT2D eigenvalue weighted by atomic mass is 10.2. The molecule has 0 saturated carbocycles. The third-order valence-corrected chi connectivity index (χ3v) is 4.33. The van der Waals surface area contributed by atoms with E-state index in [0.29, 0.717) is 10.8 Å². The fourth-order valence-electron chi connectivity index (χ4n) is 2.32. The highest BCUT2D eigenvalue weighted by Crippen LogP contribution is 2.32. The smallest absolute Gasteiger partial charge is 0.365 e. The summed E-state index contributed by atoms with van der Waals surface area (Å²) in [4.78, 5) is 27.5. The van der Waals surface area contributed by atoms with Crippen LogP contribution in [0.1, 0.15) is 15.9 Å². The summed E-state index contributed by atoms with van der Waals surface area (Å²) in [6.45, 7) is 0. The van der Waals surface area contributed by atoms with Gasteiger partial charge in [-0.15, -0.1) is 0 Å². The van der Waals surface area contributed by atoms with E-state index in [0.717, 1.165) is 18.3 Å². The molecule has 0 saturated heterocycles. The van der Waals surface area contributed by atoms with Crippen molar-refractivity contribution in [3.63, 3.8) is 0 Å². The van der Waals surface area contributed by atoms with Gasteiger partial charge in [0.1, 0.15) is 11.6 Å². The zero-order chi connectivity index (χ0) is 21.7. The second-order valence-corrected chi connectivity index (χ2v) is 6.59. The van der Waals surface area contributed by atoms with Crippen molar-refractivity contribution in [2.45, 2.75) is 0 Å². The quantitative estimate of drug-likeness (QED) is 0.199. The first-order chi connectivity index (χ1) is 14.3. The van der Waals surface area contributed by atoms with E-state index in [4.69, 9.17) is 27.9 Å². The molecule has 0 atom stereocenters. The number of rotatable bonds is 6. The van der Waals surface area contributed by atoms with Gasteiger partial charge in [-0.25, -0.2) is 9.18 Å². The van der Waals surface area contributed by atoms with E-state index in [1.165, 1.54) is 36.4 Å². The third kappa shape index (κ3) is 5.11. The number of benzene rings is 3. The monoisotopic (exact) mass is 448 g/mol. The molecule has 0 bridgehead atoms. The Morgan fingerprint density at radius 3 is 2.50 bits per heavy atom. The van der Waals surface area contributed by atoms with Crippen LogP contribution in [0.4, 0.5) is 10.1 Å². The molecule has 0 unspecified atom stereocenters. The van der Waals surface area contributed by atoms with Gasteiger partial charge in [0.2, 0.25) is 5.75 Å². The lowest BCUT2D eigenvalue weighted by Crippen LogP contribution is -2.03. The van der Waals surface area contributed by atoms with Crippen molar-refractivity contribution in [2.24, 2.45) is 5.16 Å². The number of nitrogens with zero attached hydrogens (tertiary/aromatic N) is 2. The number of hydrogen-bond acceptors (Lipinski definition) is 6. The molecule has 10 heteroatoms. The number of halogens is 3. The predicted molar refractivity (Wildman–Crippen MR) is 109 cm³/mol. The van der Waals surface area contributed by atoms with Crippen LogP contribution < -0.4 is 4.74 Å². The number of nitro groups is 1. The molecule has 0 aromatic heterocycles. The Balaban J connectivity index is 1.78. The molecule has 0 radical (unpaired) electrons. The Kier molecular flexibility index (Phi) is 6.61. The first kappa shape index (κ1) is 21.2. The van der Waals surface area contributed by atoms with Gasteiger partial charge in [0.25, 0.3) is 0 Å².